The monoisotopic (exact) mass is 257 g/mol. The molecule has 0 spiro atoms. The van der Waals surface area contributed by atoms with Crippen molar-refractivity contribution in [1.29, 1.82) is 5.26 Å². The van der Waals surface area contributed by atoms with Gasteiger partial charge < -0.3 is 10.6 Å². The SMILES string of the molecule is CC(C)(C#N)C(=O)Nc1ccc2c(c1)CCC(=O)N2. The number of amides is 2. The standard InChI is InChI=1S/C14H15N3O2/c1-14(2,8-15)13(19)16-10-4-5-11-9(7-10)3-6-12(18)17-11/h4-5,7H,3,6H2,1-2H3,(H,16,19)(H,17,18). The van der Waals surface area contributed by atoms with E-state index in [2.05, 4.69) is 10.6 Å². The van der Waals surface area contributed by atoms with E-state index < -0.39 is 5.41 Å². The highest BCUT2D eigenvalue weighted by atomic mass is 16.2. The van der Waals surface area contributed by atoms with Gasteiger partial charge in [0.1, 0.15) is 5.41 Å². The molecule has 0 fully saturated rings. The molecule has 0 aromatic heterocycles. The number of anilines is 2. The first-order valence-electron chi connectivity index (χ1n) is 6.08. The molecule has 1 heterocycles. The summed E-state index contributed by atoms with van der Waals surface area (Å²) in [5.74, 6) is -0.329. The van der Waals surface area contributed by atoms with Gasteiger partial charge in [-0.1, -0.05) is 0 Å². The maximum absolute atomic E-state index is 11.9. The quantitative estimate of drug-likeness (QED) is 0.850. The van der Waals surface area contributed by atoms with Crippen LogP contribution in [-0.4, -0.2) is 11.8 Å². The molecule has 1 aromatic rings. The van der Waals surface area contributed by atoms with Crippen LogP contribution in [0.25, 0.3) is 0 Å². The number of rotatable bonds is 2. The van der Waals surface area contributed by atoms with Crippen molar-refractivity contribution in [2.75, 3.05) is 10.6 Å². The maximum Gasteiger partial charge on any atom is 0.244 e. The Balaban J connectivity index is 2.18. The Morgan fingerprint density at radius 1 is 1.42 bits per heavy atom. The van der Waals surface area contributed by atoms with Crippen molar-refractivity contribution in [2.24, 2.45) is 5.41 Å². The number of fused-ring (bicyclic) bond motifs is 1. The molecular formula is C14H15N3O2. The van der Waals surface area contributed by atoms with Crippen LogP contribution in [0.15, 0.2) is 18.2 Å². The van der Waals surface area contributed by atoms with Gasteiger partial charge in [0.2, 0.25) is 11.8 Å². The van der Waals surface area contributed by atoms with Crippen LogP contribution in [0.4, 0.5) is 11.4 Å². The van der Waals surface area contributed by atoms with Gasteiger partial charge in [-0.25, -0.2) is 0 Å². The number of nitrogens with zero attached hydrogens (tertiary/aromatic N) is 1. The molecule has 0 saturated heterocycles. The van der Waals surface area contributed by atoms with Gasteiger partial charge in [-0.05, 0) is 44.0 Å². The molecule has 0 saturated carbocycles. The van der Waals surface area contributed by atoms with Gasteiger partial charge in [-0.2, -0.15) is 5.26 Å². The number of nitrogens with one attached hydrogen (secondary N) is 2. The molecule has 2 rings (SSSR count). The molecule has 0 radical (unpaired) electrons. The number of benzene rings is 1. The van der Waals surface area contributed by atoms with E-state index in [4.69, 9.17) is 5.26 Å². The third-order valence-electron chi connectivity index (χ3n) is 3.11. The first-order valence-corrected chi connectivity index (χ1v) is 6.08. The van der Waals surface area contributed by atoms with Crippen LogP contribution in [0.3, 0.4) is 0 Å². The zero-order chi connectivity index (χ0) is 14.0. The number of hydrogen-bond donors (Lipinski definition) is 2. The van der Waals surface area contributed by atoms with E-state index >= 15 is 0 Å². The first kappa shape index (κ1) is 13.1. The van der Waals surface area contributed by atoms with Gasteiger partial charge in [0.15, 0.2) is 0 Å². The molecule has 98 valence electrons. The lowest BCUT2D eigenvalue weighted by atomic mass is 9.94. The third kappa shape index (κ3) is 2.74. The summed E-state index contributed by atoms with van der Waals surface area (Å²) in [5.41, 5.74) is 1.36. The van der Waals surface area contributed by atoms with Gasteiger partial charge in [0.05, 0.1) is 6.07 Å². The summed E-state index contributed by atoms with van der Waals surface area (Å²) in [6.45, 7) is 3.14. The van der Waals surface area contributed by atoms with E-state index in [-0.39, 0.29) is 11.8 Å². The topological polar surface area (TPSA) is 82.0 Å². The lowest BCUT2D eigenvalue weighted by Crippen LogP contribution is -2.29. The Bertz CT molecular complexity index is 585. The Morgan fingerprint density at radius 3 is 2.84 bits per heavy atom. The molecule has 19 heavy (non-hydrogen) atoms. The average Bonchev–Trinajstić information content (AvgIpc) is 2.38. The Labute approximate surface area is 111 Å². The highest BCUT2D eigenvalue weighted by molar-refractivity contribution is 5.98. The van der Waals surface area contributed by atoms with Crippen LogP contribution in [-0.2, 0) is 16.0 Å². The van der Waals surface area contributed by atoms with Gasteiger partial charge in [0, 0.05) is 17.8 Å². The van der Waals surface area contributed by atoms with E-state index in [1.54, 1.807) is 26.0 Å². The van der Waals surface area contributed by atoms with E-state index in [0.29, 0.717) is 18.5 Å². The highest BCUT2D eigenvalue weighted by Crippen LogP contribution is 2.26. The lowest BCUT2D eigenvalue weighted by Gasteiger charge is -2.19. The lowest BCUT2D eigenvalue weighted by molar-refractivity contribution is -0.121. The second-order valence-corrected chi connectivity index (χ2v) is 5.11. The van der Waals surface area contributed by atoms with E-state index in [9.17, 15) is 9.59 Å². The predicted molar refractivity (Wildman–Crippen MR) is 71.4 cm³/mol. The van der Waals surface area contributed by atoms with Gasteiger partial charge >= 0.3 is 0 Å². The van der Waals surface area contributed by atoms with Crippen LogP contribution < -0.4 is 10.6 Å². The minimum absolute atomic E-state index is 0.00917. The summed E-state index contributed by atoms with van der Waals surface area (Å²) < 4.78 is 0. The minimum Gasteiger partial charge on any atom is -0.326 e. The summed E-state index contributed by atoms with van der Waals surface area (Å²) >= 11 is 0. The van der Waals surface area contributed by atoms with Crippen LogP contribution >= 0.6 is 0 Å². The first-order chi connectivity index (χ1) is 8.92. The third-order valence-corrected chi connectivity index (χ3v) is 3.11. The minimum atomic E-state index is -1.07. The molecular weight excluding hydrogens is 242 g/mol. The molecule has 1 aromatic carbocycles. The fraction of sp³-hybridized carbons (Fsp3) is 0.357. The van der Waals surface area contributed by atoms with E-state index in [1.165, 1.54) is 0 Å². The van der Waals surface area contributed by atoms with Crippen molar-refractivity contribution < 1.29 is 9.59 Å². The highest BCUT2D eigenvalue weighted by Gasteiger charge is 2.27. The molecule has 1 aliphatic heterocycles. The summed E-state index contributed by atoms with van der Waals surface area (Å²) in [6, 6.07) is 7.28. The number of carbonyl (C=O) groups is 2. The van der Waals surface area contributed by atoms with Crippen molar-refractivity contribution in [3.05, 3.63) is 23.8 Å². The molecule has 2 amide bonds. The summed E-state index contributed by atoms with van der Waals surface area (Å²) in [6.07, 6.45) is 1.11. The summed E-state index contributed by atoms with van der Waals surface area (Å²) in [7, 11) is 0. The van der Waals surface area contributed by atoms with Crippen molar-refractivity contribution >= 4 is 23.2 Å². The van der Waals surface area contributed by atoms with Crippen LogP contribution in [0.1, 0.15) is 25.8 Å². The molecule has 1 aliphatic rings. The second kappa shape index (κ2) is 4.73. The number of carbonyl (C=O) groups excluding carboxylic acids is 2. The zero-order valence-electron chi connectivity index (χ0n) is 10.9. The number of nitriles is 1. The largest absolute Gasteiger partial charge is 0.326 e. The van der Waals surface area contributed by atoms with Gasteiger partial charge in [-0.3, -0.25) is 9.59 Å². The fourth-order valence-electron chi connectivity index (χ4n) is 1.80. The van der Waals surface area contributed by atoms with Crippen molar-refractivity contribution in [3.8, 4) is 6.07 Å². The fourth-order valence-corrected chi connectivity index (χ4v) is 1.80. The van der Waals surface area contributed by atoms with Crippen molar-refractivity contribution in [3.63, 3.8) is 0 Å². The smallest absolute Gasteiger partial charge is 0.244 e. The predicted octanol–water partition coefficient (Wildman–Crippen LogP) is 2.06. The summed E-state index contributed by atoms with van der Waals surface area (Å²) in [4.78, 5) is 23.1. The Hall–Kier alpha value is -2.35. The molecule has 0 bridgehead atoms. The molecule has 2 N–H and O–H groups in total. The average molecular weight is 257 g/mol. The second-order valence-electron chi connectivity index (χ2n) is 5.11. The molecule has 0 aliphatic carbocycles. The molecule has 5 heteroatoms. The molecule has 0 atom stereocenters. The zero-order valence-corrected chi connectivity index (χ0v) is 10.9. The van der Waals surface area contributed by atoms with Gasteiger partial charge in [-0.15, -0.1) is 0 Å². The Morgan fingerprint density at radius 2 is 2.16 bits per heavy atom. The Kier molecular flexibility index (Phi) is 3.26. The van der Waals surface area contributed by atoms with Crippen LogP contribution in [0, 0.1) is 16.7 Å². The van der Waals surface area contributed by atoms with Gasteiger partial charge in [0.25, 0.3) is 0 Å². The maximum atomic E-state index is 11.9. The van der Waals surface area contributed by atoms with Crippen LogP contribution in [0.2, 0.25) is 0 Å². The van der Waals surface area contributed by atoms with Crippen molar-refractivity contribution in [1.82, 2.24) is 0 Å². The molecule has 5 nitrogen and oxygen atoms in total. The van der Waals surface area contributed by atoms with E-state index in [1.807, 2.05) is 12.1 Å². The summed E-state index contributed by atoms with van der Waals surface area (Å²) in [5, 5.41) is 14.4. The van der Waals surface area contributed by atoms with Crippen LogP contribution in [0.5, 0.6) is 0 Å². The number of aryl methyl sites for hydroxylation is 1. The number of hydrogen-bond acceptors (Lipinski definition) is 3. The normalized spacial score (nSPS) is 14.1. The van der Waals surface area contributed by atoms with E-state index in [0.717, 1.165) is 11.3 Å². The van der Waals surface area contributed by atoms with Crippen molar-refractivity contribution in [2.45, 2.75) is 26.7 Å². The molecule has 0 unspecified atom stereocenters.